The number of carbonyl (C=O) groups excluding carboxylic acids is 1. The third-order valence-corrected chi connectivity index (χ3v) is 2.10. The van der Waals surface area contributed by atoms with Crippen molar-refractivity contribution in [3.63, 3.8) is 0 Å². The molecule has 0 aliphatic rings. The van der Waals surface area contributed by atoms with Gasteiger partial charge < -0.3 is 9.72 Å². The van der Waals surface area contributed by atoms with E-state index >= 15 is 0 Å². The molecule has 0 atom stereocenters. The maximum Gasteiger partial charge on any atom is 0.337 e. The summed E-state index contributed by atoms with van der Waals surface area (Å²) in [7, 11) is 1.37. The molecule has 2 aromatic rings. The second-order valence-electron chi connectivity index (χ2n) is 3.02. The molecule has 4 nitrogen and oxygen atoms in total. The molecule has 0 aliphatic carbocycles. The van der Waals surface area contributed by atoms with Gasteiger partial charge in [-0.3, -0.25) is 0 Å². The van der Waals surface area contributed by atoms with Crippen LogP contribution in [0.1, 0.15) is 10.4 Å². The monoisotopic (exact) mass is 202 g/mol. The van der Waals surface area contributed by atoms with Crippen LogP contribution < -0.4 is 0 Å². The van der Waals surface area contributed by atoms with E-state index in [4.69, 9.17) is 0 Å². The normalized spacial score (nSPS) is 9.93. The second kappa shape index (κ2) is 3.96. The van der Waals surface area contributed by atoms with Gasteiger partial charge in [0, 0.05) is 11.8 Å². The molecule has 1 aromatic carbocycles. The van der Waals surface area contributed by atoms with E-state index < -0.39 is 0 Å². The Kier molecular flexibility index (Phi) is 2.49. The highest BCUT2D eigenvalue weighted by molar-refractivity contribution is 5.89. The number of H-pyrrole nitrogens is 1. The molecule has 15 heavy (non-hydrogen) atoms. The fourth-order valence-electron chi connectivity index (χ4n) is 1.31. The van der Waals surface area contributed by atoms with E-state index in [-0.39, 0.29) is 5.97 Å². The van der Waals surface area contributed by atoms with Gasteiger partial charge in [-0.2, -0.15) is 0 Å². The van der Waals surface area contributed by atoms with Gasteiger partial charge in [-0.15, -0.1) is 0 Å². The van der Waals surface area contributed by atoms with Crippen LogP contribution in [-0.2, 0) is 4.74 Å². The molecule has 0 spiro atoms. The minimum absolute atomic E-state index is 0.330. The van der Waals surface area contributed by atoms with E-state index in [1.165, 1.54) is 7.11 Å². The van der Waals surface area contributed by atoms with E-state index in [1.807, 2.05) is 12.1 Å². The number of hydrogen-bond acceptors (Lipinski definition) is 3. The topological polar surface area (TPSA) is 55.0 Å². The van der Waals surface area contributed by atoms with Gasteiger partial charge in [-0.05, 0) is 12.1 Å². The van der Waals surface area contributed by atoms with Crippen LogP contribution in [0.2, 0.25) is 0 Å². The molecule has 1 aromatic heterocycles. The van der Waals surface area contributed by atoms with Gasteiger partial charge in [-0.1, -0.05) is 12.1 Å². The number of aromatic amines is 1. The van der Waals surface area contributed by atoms with Crippen LogP contribution in [0.25, 0.3) is 11.3 Å². The number of aromatic nitrogens is 2. The van der Waals surface area contributed by atoms with Crippen molar-refractivity contribution in [3.05, 3.63) is 42.4 Å². The SMILES string of the molecule is COC(=O)c1ccc(-c2c[nH]cn2)cc1. The van der Waals surface area contributed by atoms with Gasteiger partial charge in [0.05, 0.1) is 24.7 Å². The molecular formula is C11H10N2O2. The van der Waals surface area contributed by atoms with Crippen LogP contribution in [0.5, 0.6) is 0 Å². The zero-order valence-electron chi connectivity index (χ0n) is 8.23. The molecule has 0 saturated carbocycles. The number of ether oxygens (including phenoxy) is 1. The molecule has 1 N–H and O–H groups in total. The van der Waals surface area contributed by atoms with Gasteiger partial charge >= 0.3 is 5.97 Å². The van der Waals surface area contributed by atoms with Gasteiger partial charge in [0.1, 0.15) is 0 Å². The summed E-state index contributed by atoms with van der Waals surface area (Å²) in [6, 6.07) is 7.11. The van der Waals surface area contributed by atoms with Crippen molar-refractivity contribution in [1.29, 1.82) is 0 Å². The van der Waals surface area contributed by atoms with Crippen molar-refractivity contribution in [3.8, 4) is 11.3 Å². The second-order valence-corrected chi connectivity index (χ2v) is 3.02. The average molecular weight is 202 g/mol. The molecule has 0 radical (unpaired) electrons. The summed E-state index contributed by atoms with van der Waals surface area (Å²) in [4.78, 5) is 18.2. The van der Waals surface area contributed by atoms with Gasteiger partial charge in [0.2, 0.25) is 0 Å². The third kappa shape index (κ3) is 1.88. The van der Waals surface area contributed by atoms with Crippen LogP contribution in [0.15, 0.2) is 36.8 Å². The van der Waals surface area contributed by atoms with E-state index in [1.54, 1.807) is 24.7 Å². The molecule has 0 fully saturated rings. The smallest absolute Gasteiger partial charge is 0.337 e. The lowest BCUT2D eigenvalue weighted by atomic mass is 10.1. The minimum atomic E-state index is -0.330. The number of benzene rings is 1. The van der Waals surface area contributed by atoms with Crippen LogP contribution in [0.3, 0.4) is 0 Å². The summed E-state index contributed by atoms with van der Waals surface area (Å²) in [5, 5.41) is 0. The molecule has 0 saturated heterocycles. The predicted octanol–water partition coefficient (Wildman–Crippen LogP) is 1.86. The fraction of sp³-hybridized carbons (Fsp3) is 0.0909. The maximum absolute atomic E-state index is 11.2. The lowest BCUT2D eigenvalue weighted by Gasteiger charge is -2.00. The lowest BCUT2D eigenvalue weighted by molar-refractivity contribution is 0.0601. The van der Waals surface area contributed by atoms with E-state index in [0.29, 0.717) is 5.56 Å². The fourth-order valence-corrected chi connectivity index (χ4v) is 1.31. The van der Waals surface area contributed by atoms with E-state index in [9.17, 15) is 4.79 Å². The number of hydrogen-bond donors (Lipinski definition) is 1. The van der Waals surface area contributed by atoms with E-state index in [0.717, 1.165) is 11.3 Å². The quantitative estimate of drug-likeness (QED) is 0.756. The number of esters is 1. The van der Waals surface area contributed by atoms with Crippen molar-refractivity contribution in [2.45, 2.75) is 0 Å². The van der Waals surface area contributed by atoms with Crippen LogP contribution in [0.4, 0.5) is 0 Å². The molecule has 4 heteroatoms. The van der Waals surface area contributed by atoms with Crippen molar-refractivity contribution >= 4 is 5.97 Å². The Hall–Kier alpha value is -2.10. The molecule has 0 bridgehead atoms. The van der Waals surface area contributed by atoms with Gasteiger partial charge in [-0.25, -0.2) is 9.78 Å². The molecule has 2 rings (SSSR count). The van der Waals surface area contributed by atoms with Gasteiger partial charge in [0.25, 0.3) is 0 Å². The number of carbonyl (C=O) groups is 1. The third-order valence-electron chi connectivity index (χ3n) is 2.10. The largest absolute Gasteiger partial charge is 0.465 e. The Balaban J connectivity index is 2.29. The number of imidazole rings is 1. The van der Waals surface area contributed by atoms with E-state index in [2.05, 4.69) is 14.7 Å². The lowest BCUT2D eigenvalue weighted by Crippen LogP contribution is -2.00. The maximum atomic E-state index is 11.2. The highest BCUT2D eigenvalue weighted by Crippen LogP contribution is 2.16. The molecule has 1 heterocycles. The van der Waals surface area contributed by atoms with Crippen molar-refractivity contribution in [2.75, 3.05) is 7.11 Å². The predicted molar refractivity (Wildman–Crippen MR) is 55.4 cm³/mol. The zero-order chi connectivity index (χ0) is 10.7. The van der Waals surface area contributed by atoms with Crippen molar-refractivity contribution in [1.82, 2.24) is 9.97 Å². The molecule has 0 aliphatic heterocycles. The Morgan fingerprint density at radius 3 is 2.60 bits per heavy atom. The highest BCUT2D eigenvalue weighted by Gasteiger charge is 2.05. The highest BCUT2D eigenvalue weighted by atomic mass is 16.5. The Morgan fingerprint density at radius 1 is 1.33 bits per heavy atom. The molecule has 76 valence electrons. The average Bonchev–Trinajstić information content (AvgIpc) is 2.82. The van der Waals surface area contributed by atoms with Crippen molar-refractivity contribution < 1.29 is 9.53 Å². The number of methoxy groups -OCH3 is 1. The Morgan fingerprint density at radius 2 is 2.07 bits per heavy atom. The first-order chi connectivity index (χ1) is 7.31. The van der Waals surface area contributed by atoms with Crippen LogP contribution in [-0.4, -0.2) is 23.0 Å². The molecule has 0 amide bonds. The standard InChI is InChI=1S/C11H10N2O2/c1-15-11(14)9-4-2-8(3-5-9)10-6-12-7-13-10/h2-7H,1H3,(H,12,13). The number of rotatable bonds is 2. The summed E-state index contributed by atoms with van der Waals surface area (Å²) in [6.45, 7) is 0. The van der Waals surface area contributed by atoms with Gasteiger partial charge in [0.15, 0.2) is 0 Å². The first-order valence-electron chi connectivity index (χ1n) is 4.49. The summed E-state index contributed by atoms with van der Waals surface area (Å²) in [5.74, 6) is -0.330. The minimum Gasteiger partial charge on any atom is -0.465 e. The summed E-state index contributed by atoms with van der Waals surface area (Å²) >= 11 is 0. The summed E-state index contributed by atoms with van der Waals surface area (Å²) < 4.78 is 4.61. The van der Waals surface area contributed by atoms with Crippen molar-refractivity contribution in [2.24, 2.45) is 0 Å². The summed E-state index contributed by atoms with van der Waals surface area (Å²) in [6.07, 6.45) is 3.41. The van der Waals surface area contributed by atoms with Crippen LogP contribution >= 0.6 is 0 Å². The molecule has 0 unspecified atom stereocenters. The number of nitrogens with zero attached hydrogens (tertiary/aromatic N) is 1. The first kappa shape index (κ1) is 9.45. The van der Waals surface area contributed by atoms with Crippen LogP contribution in [0, 0.1) is 0 Å². The summed E-state index contributed by atoms with van der Waals surface area (Å²) in [5.41, 5.74) is 2.35. The zero-order valence-corrected chi connectivity index (χ0v) is 8.23. The molecular weight excluding hydrogens is 192 g/mol. The first-order valence-corrected chi connectivity index (χ1v) is 4.49. The Bertz CT molecular complexity index is 446. The Labute approximate surface area is 86.9 Å². The number of nitrogens with one attached hydrogen (secondary N) is 1.